The Morgan fingerprint density at radius 2 is 1.31 bits per heavy atom. The van der Waals surface area contributed by atoms with Crippen molar-refractivity contribution in [2.75, 3.05) is 26.4 Å². The van der Waals surface area contributed by atoms with Gasteiger partial charge in [-0.1, -0.05) is 34.8 Å². The van der Waals surface area contributed by atoms with E-state index in [-0.39, 0.29) is 0 Å². The van der Waals surface area contributed by atoms with E-state index in [2.05, 4.69) is 0 Å². The van der Waals surface area contributed by atoms with Crippen LogP contribution in [0.5, 0.6) is 0 Å². The number of alkyl halides is 3. The molecule has 0 amide bonds. The van der Waals surface area contributed by atoms with Crippen LogP contribution in [0.4, 0.5) is 0 Å². The Kier molecular flexibility index (Phi) is 6.81. The third-order valence-corrected chi connectivity index (χ3v) is 1.47. The number of carbonyl (C=O) groups is 1. The lowest BCUT2D eigenvalue weighted by Crippen LogP contribution is -2.16. The Bertz CT molecular complexity index is 141. The van der Waals surface area contributed by atoms with Crippen molar-refractivity contribution in [2.45, 2.75) is 3.79 Å². The fraction of sp³-hybridized carbons (Fsp3) is 0.833. The Morgan fingerprint density at radius 1 is 1.08 bits per heavy atom. The summed E-state index contributed by atoms with van der Waals surface area (Å²) >= 11 is 14.4. The molecule has 1 fully saturated rings. The summed E-state index contributed by atoms with van der Waals surface area (Å²) in [6.45, 7) is 3.11. The number of rotatable bonds is 0. The molecule has 78 valence electrons. The largest absolute Gasteiger partial charge is 0.478 e. The monoisotopic (exact) mass is 250 g/mol. The van der Waals surface area contributed by atoms with Gasteiger partial charge in [0, 0.05) is 0 Å². The summed E-state index contributed by atoms with van der Waals surface area (Å²) in [5, 5.41) is 7.85. The molecule has 0 radical (unpaired) electrons. The van der Waals surface area contributed by atoms with Crippen LogP contribution in [0.1, 0.15) is 0 Å². The summed E-state index contributed by atoms with van der Waals surface area (Å²) in [4.78, 5) is 9.62. The molecule has 1 rings (SSSR count). The van der Waals surface area contributed by atoms with Crippen molar-refractivity contribution in [3.05, 3.63) is 0 Å². The zero-order valence-corrected chi connectivity index (χ0v) is 8.90. The van der Waals surface area contributed by atoms with E-state index in [1.54, 1.807) is 0 Å². The van der Waals surface area contributed by atoms with Crippen LogP contribution in [0, 0.1) is 0 Å². The minimum absolute atomic E-state index is 0.778. The average molecular weight is 251 g/mol. The van der Waals surface area contributed by atoms with E-state index >= 15 is 0 Å². The second-order valence-corrected chi connectivity index (χ2v) is 4.31. The summed E-state index contributed by atoms with van der Waals surface area (Å²) in [6, 6.07) is 0. The van der Waals surface area contributed by atoms with Gasteiger partial charge in [-0.3, -0.25) is 0 Å². The number of carboxylic acids is 1. The minimum Gasteiger partial charge on any atom is -0.478 e. The van der Waals surface area contributed by atoms with Gasteiger partial charge in [-0.25, -0.2) is 4.79 Å². The molecule has 1 heterocycles. The van der Waals surface area contributed by atoms with Gasteiger partial charge < -0.3 is 14.6 Å². The molecular formula is C6H9Cl3O4. The Hall–Kier alpha value is 0.260. The van der Waals surface area contributed by atoms with Gasteiger partial charge in [0.1, 0.15) is 0 Å². The van der Waals surface area contributed by atoms with E-state index < -0.39 is 9.76 Å². The minimum atomic E-state index is -2.17. The molecule has 0 aromatic rings. The van der Waals surface area contributed by atoms with Crippen LogP contribution in [0.15, 0.2) is 0 Å². The van der Waals surface area contributed by atoms with E-state index in [0.717, 1.165) is 26.4 Å². The van der Waals surface area contributed by atoms with Crippen LogP contribution >= 0.6 is 34.8 Å². The van der Waals surface area contributed by atoms with Crippen LogP contribution in [0.3, 0.4) is 0 Å². The first-order valence-electron chi connectivity index (χ1n) is 3.40. The highest BCUT2D eigenvalue weighted by Crippen LogP contribution is 2.25. The number of hydrogen-bond acceptors (Lipinski definition) is 3. The van der Waals surface area contributed by atoms with E-state index in [9.17, 15) is 4.79 Å². The smallest absolute Gasteiger partial charge is 0.356 e. The molecule has 7 heteroatoms. The summed E-state index contributed by atoms with van der Waals surface area (Å²) < 4.78 is 7.72. The van der Waals surface area contributed by atoms with Crippen molar-refractivity contribution in [1.29, 1.82) is 0 Å². The van der Waals surface area contributed by atoms with Crippen LogP contribution in [0.25, 0.3) is 0 Å². The first kappa shape index (κ1) is 13.3. The molecule has 0 spiro atoms. The maximum Gasteiger partial charge on any atom is 0.356 e. The molecule has 0 bridgehead atoms. The maximum absolute atomic E-state index is 9.62. The van der Waals surface area contributed by atoms with Crippen LogP contribution in [0.2, 0.25) is 0 Å². The fourth-order valence-electron chi connectivity index (χ4n) is 0.440. The Labute approximate surface area is 90.7 Å². The highest BCUT2D eigenvalue weighted by molar-refractivity contribution is 6.75. The molecule has 1 aliphatic heterocycles. The average Bonchev–Trinajstić information content (AvgIpc) is 2.07. The standard InChI is InChI=1S/C4H8O2.C2HCl3O2/c1-2-6-4-3-5-1;3-2(4,5)1(6)7/h1-4H2;(H,6,7). The van der Waals surface area contributed by atoms with Crippen molar-refractivity contribution in [1.82, 2.24) is 0 Å². The number of aliphatic carboxylic acids is 1. The number of carboxylic acid groups (broad SMARTS) is 1. The van der Waals surface area contributed by atoms with Gasteiger partial charge in [0.2, 0.25) is 0 Å². The number of hydrogen-bond donors (Lipinski definition) is 1. The molecule has 0 aromatic carbocycles. The first-order valence-corrected chi connectivity index (χ1v) is 4.53. The van der Waals surface area contributed by atoms with Crippen molar-refractivity contribution in [3.63, 3.8) is 0 Å². The van der Waals surface area contributed by atoms with Gasteiger partial charge in [-0.15, -0.1) is 0 Å². The Morgan fingerprint density at radius 3 is 1.38 bits per heavy atom. The summed E-state index contributed by atoms with van der Waals surface area (Å²) in [6.07, 6.45) is 0. The molecule has 0 saturated carbocycles. The SMILES string of the molecule is C1COCCO1.O=C(O)C(Cl)(Cl)Cl. The molecular weight excluding hydrogens is 242 g/mol. The zero-order chi connectivity index (χ0) is 10.3. The van der Waals surface area contributed by atoms with Gasteiger partial charge >= 0.3 is 5.97 Å². The number of halogens is 3. The van der Waals surface area contributed by atoms with Gasteiger partial charge in [0.05, 0.1) is 26.4 Å². The molecule has 0 atom stereocenters. The summed E-state index contributed by atoms with van der Waals surface area (Å²) in [5.41, 5.74) is 0. The molecule has 0 aliphatic carbocycles. The second-order valence-electron chi connectivity index (χ2n) is 2.03. The van der Waals surface area contributed by atoms with Gasteiger partial charge in [0.15, 0.2) is 0 Å². The normalized spacial score (nSPS) is 17.2. The molecule has 1 saturated heterocycles. The third kappa shape index (κ3) is 8.59. The Balaban J connectivity index is 0.000000223. The third-order valence-electron chi connectivity index (χ3n) is 0.987. The fourth-order valence-corrected chi connectivity index (χ4v) is 0.440. The van der Waals surface area contributed by atoms with Crippen LogP contribution in [-0.2, 0) is 14.3 Å². The molecule has 4 nitrogen and oxygen atoms in total. The lowest BCUT2D eigenvalue weighted by atomic mass is 10.6. The molecule has 0 unspecified atom stereocenters. The number of ether oxygens (including phenoxy) is 2. The van der Waals surface area contributed by atoms with E-state index in [1.807, 2.05) is 0 Å². The highest BCUT2D eigenvalue weighted by Gasteiger charge is 2.29. The van der Waals surface area contributed by atoms with Gasteiger partial charge in [-0.2, -0.15) is 0 Å². The quantitative estimate of drug-likeness (QED) is 0.663. The lowest BCUT2D eigenvalue weighted by Gasteiger charge is -2.09. The topological polar surface area (TPSA) is 55.8 Å². The second kappa shape index (κ2) is 6.68. The van der Waals surface area contributed by atoms with E-state index in [1.165, 1.54) is 0 Å². The molecule has 13 heavy (non-hydrogen) atoms. The first-order chi connectivity index (χ1) is 5.94. The zero-order valence-electron chi connectivity index (χ0n) is 6.63. The molecule has 0 aromatic heterocycles. The predicted octanol–water partition coefficient (Wildman–Crippen LogP) is 1.47. The summed E-state index contributed by atoms with van der Waals surface area (Å²) in [7, 11) is 0. The van der Waals surface area contributed by atoms with Gasteiger partial charge in [0.25, 0.3) is 3.79 Å². The van der Waals surface area contributed by atoms with Crippen LogP contribution in [-0.4, -0.2) is 41.3 Å². The summed E-state index contributed by atoms with van der Waals surface area (Å²) in [5.74, 6) is -1.46. The maximum atomic E-state index is 9.62. The van der Waals surface area contributed by atoms with Crippen molar-refractivity contribution in [2.24, 2.45) is 0 Å². The lowest BCUT2D eigenvalue weighted by molar-refractivity contribution is -0.135. The van der Waals surface area contributed by atoms with Crippen molar-refractivity contribution in [3.8, 4) is 0 Å². The van der Waals surface area contributed by atoms with E-state index in [4.69, 9.17) is 49.4 Å². The van der Waals surface area contributed by atoms with Crippen LogP contribution < -0.4 is 0 Å². The van der Waals surface area contributed by atoms with Crippen molar-refractivity contribution < 1.29 is 19.4 Å². The highest BCUT2D eigenvalue weighted by atomic mass is 35.6. The molecule has 1 N–H and O–H groups in total. The van der Waals surface area contributed by atoms with Crippen molar-refractivity contribution >= 4 is 40.8 Å². The predicted molar refractivity (Wildman–Crippen MR) is 49.6 cm³/mol. The van der Waals surface area contributed by atoms with Gasteiger partial charge in [-0.05, 0) is 0 Å². The van der Waals surface area contributed by atoms with E-state index in [0.29, 0.717) is 0 Å². The molecule has 1 aliphatic rings.